The van der Waals surface area contributed by atoms with E-state index in [1.165, 1.54) is 35.5 Å². The largest absolute Gasteiger partial charge is 0.345 e. The first-order chi connectivity index (χ1) is 16.8. The fourth-order valence-corrected chi connectivity index (χ4v) is 8.46. The number of hydrogen-bond donors (Lipinski definition) is 0. The third-order valence-corrected chi connectivity index (χ3v) is 9.90. The summed E-state index contributed by atoms with van der Waals surface area (Å²) in [6.45, 7) is 1.42. The van der Waals surface area contributed by atoms with Crippen molar-refractivity contribution in [3.05, 3.63) is 39.9 Å². The van der Waals surface area contributed by atoms with Crippen molar-refractivity contribution in [2.75, 3.05) is 27.2 Å². The maximum Gasteiger partial charge on any atom is 0.254 e. The van der Waals surface area contributed by atoms with E-state index in [1.54, 1.807) is 26.2 Å². The molecule has 6 nitrogen and oxygen atoms in total. The second-order valence-electron chi connectivity index (χ2n) is 11.2. The van der Waals surface area contributed by atoms with Gasteiger partial charge in [-0.1, -0.05) is 35.1 Å². The van der Waals surface area contributed by atoms with Gasteiger partial charge in [0.15, 0.2) is 0 Å². The van der Waals surface area contributed by atoms with E-state index < -0.39 is 0 Å². The summed E-state index contributed by atoms with van der Waals surface area (Å²) in [7, 11) is 3.42. The first-order valence-corrected chi connectivity index (χ1v) is 13.8. The number of carbonyl (C=O) groups excluding carboxylic acids is 2. The first kappa shape index (κ1) is 23.2. The van der Waals surface area contributed by atoms with E-state index in [4.69, 9.17) is 11.6 Å². The van der Waals surface area contributed by atoms with Crippen LogP contribution in [0.15, 0.2) is 24.3 Å². The van der Waals surface area contributed by atoms with Crippen molar-refractivity contribution in [3.63, 3.8) is 0 Å². The Morgan fingerprint density at radius 2 is 1.71 bits per heavy atom. The Balaban J connectivity index is 1.15. The molecule has 2 aromatic rings. The molecule has 0 unspecified atom stereocenters. The van der Waals surface area contributed by atoms with E-state index in [0.29, 0.717) is 23.0 Å². The van der Waals surface area contributed by atoms with Gasteiger partial charge in [0, 0.05) is 32.7 Å². The molecular formula is C27H31ClN4O2S. The van der Waals surface area contributed by atoms with E-state index >= 15 is 0 Å². The second kappa shape index (κ2) is 8.70. The van der Waals surface area contributed by atoms with Gasteiger partial charge in [-0.15, -0.1) is 10.2 Å². The van der Waals surface area contributed by atoms with Crippen LogP contribution in [0.3, 0.4) is 0 Å². The summed E-state index contributed by atoms with van der Waals surface area (Å²) in [5.74, 6) is 2.63. The SMILES string of the molecule is CN(C)C(=O)c1ccc(-c2nnc(C3=CCN(C(=O)C45CC6CC(CC(C6)C4)C5)CC3)s2)cc1Cl. The van der Waals surface area contributed by atoms with E-state index in [1.807, 2.05) is 6.07 Å². The zero-order chi connectivity index (χ0) is 24.3. The summed E-state index contributed by atoms with van der Waals surface area (Å²) in [4.78, 5) is 29.5. The van der Waals surface area contributed by atoms with Gasteiger partial charge in [0.25, 0.3) is 5.91 Å². The molecule has 4 saturated carbocycles. The first-order valence-electron chi connectivity index (χ1n) is 12.7. The Morgan fingerprint density at radius 3 is 2.29 bits per heavy atom. The molecule has 184 valence electrons. The van der Waals surface area contributed by atoms with E-state index in [2.05, 4.69) is 21.2 Å². The van der Waals surface area contributed by atoms with Crippen LogP contribution < -0.4 is 0 Å². The summed E-state index contributed by atoms with van der Waals surface area (Å²) in [5, 5.41) is 10.9. The topological polar surface area (TPSA) is 66.4 Å². The van der Waals surface area contributed by atoms with Gasteiger partial charge in [-0.2, -0.15) is 0 Å². The Labute approximate surface area is 215 Å². The fourth-order valence-electron chi connectivity index (χ4n) is 7.29. The predicted molar refractivity (Wildman–Crippen MR) is 138 cm³/mol. The van der Waals surface area contributed by atoms with Crippen LogP contribution in [0.4, 0.5) is 0 Å². The molecule has 7 rings (SSSR count). The highest BCUT2D eigenvalue weighted by Crippen LogP contribution is 2.60. The highest BCUT2D eigenvalue weighted by Gasteiger charge is 2.55. The van der Waals surface area contributed by atoms with Crippen LogP contribution in [0.1, 0.15) is 60.3 Å². The number of rotatable bonds is 4. The zero-order valence-electron chi connectivity index (χ0n) is 20.3. The van der Waals surface area contributed by atoms with Crippen molar-refractivity contribution in [1.29, 1.82) is 0 Å². The molecular weight excluding hydrogens is 480 g/mol. The van der Waals surface area contributed by atoms with Crippen molar-refractivity contribution in [2.45, 2.75) is 44.9 Å². The molecule has 0 saturated heterocycles. The van der Waals surface area contributed by atoms with Crippen molar-refractivity contribution >= 4 is 40.3 Å². The van der Waals surface area contributed by atoms with E-state index in [-0.39, 0.29) is 11.3 Å². The number of hydrogen-bond acceptors (Lipinski definition) is 5. The number of aromatic nitrogens is 2. The average molecular weight is 511 g/mol. The zero-order valence-corrected chi connectivity index (χ0v) is 21.9. The van der Waals surface area contributed by atoms with Gasteiger partial charge >= 0.3 is 0 Å². The molecule has 4 aliphatic carbocycles. The average Bonchev–Trinajstić information content (AvgIpc) is 3.33. The molecule has 8 heteroatoms. The summed E-state index contributed by atoms with van der Waals surface area (Å²) in [5.41, 5.74) is 2.41. The standard InChI is InChI=1S/C27H31ClN4O2S/c1-31(2)25(33)21-4-3-20(12-22(21)28)24-30-29-23(35-24)19-5-7-32(8-6-19)26(34)27-13-16-9-17(14-27)11-18(10-16)15-27/h3-5,12,16-18H,6-11,13-15H2,1-2H3. The lowest BCUT2D eigenvalue weighted by Gasteiger charge is -2.56. The van der Waals surface area contributed by atoms with Gasteiger partial charge in [-0.3, -0.25) is 9.59 Å². The van der Waals surface area contributed by atoms with Crippen LogP contribution in [0.2, 0.25) is 5.02 Å². The van der Waals surface area contributed by atoms with Crippen LogP contribution in [-0.4, -0.2) is 59.0 Å². The minimum atomic E-state index is -0.125. The third-order valence-electron chi connectivity index (χ3n) is 8.54. The molecule has 0 atom stereocenters. The van der Waals surface area contributed by atoms with Crippen LogP contribution in [0.5, 0.6) is 0 Å². The molecule has 2 heterocycles. The van der Waals surface area contributed by atoms with E-state index in [9.17, 15) is 9.59 Å². The van der Waals surface area contributed by atoms with Gasteiger partial charge in [0.2, 0.25) is 5.91 Å². The van der Waals surface area contributed by atoms with Gasteiger partial charge < -0.3 is 9.80 Å². The number of carbonyl (C=O) groups is 2. The molecule has 0 radical (unpaired) electrons. The van der Waals surface area contributed by atoms with E-state index in [0.717, 1.165) is 71.1 Å². The van der Waals surface area contributed by atoms with Crippen LogP contribution in [0, 0.1) is 23.2 Å². The molecule has 1 aromatic heterocycles. The maximum absolute atomic E-state index is 13.7. The molecule has 4 fully saturated rings. The monoisotopic (exact) mass is 510 g/mol. The summed E-state index contributed by atoms with van der Waals surface area (Å²) in [6.07, 6.45) is 10.4. The fraction of sp³-hybridized carbons (Fsp3) is 0.556. The summed E-state index contributed by atoms with van der Waals surface area (Å²) >= 11 is 7.92. The Hall–Kier alpha value is -2.25. The lowest BCUT2D eigenvalue weighted by molar-refractivity contribution is -0.157. The molecule has 1 aliphatic heterocycles. The molecule has 5 aliphatic rings. The summed E-state index contributed by atoms with van der Waals surface area (Å²) < 4.78 is 0. The van der Waals surface area contributed by atoms with Crippen molar-refractivity contribution in [3.8, 4) is 10.6 Å². The van der Waals surface area contributed by atoms with Crippen molar-refractivity contribution in [1.82, 2.24) is 20.0 Å². The lowest BCUT2D eigenvalue weighted by atomic mass is 9.49. The Bertz CT molecular complexity index is 1180. The number of benzene rings is 1. The minimum Gasteiger partial charge on any atom is -0.345 e. The summed E-state index contributed by atoms with van der Waals surface area (Å²) in [6, 6.07) is 5.40. The van der Waals surface area contributed by atoms with Crippen LogP contribution >= 0.6 is 22.9 Å². The number of amides is 2. The molecule has 35 heavy (non-hydrogen) atoms. The number of halogens is 1. The van der Waals surface area contributed by atoms with Crippen molar-refractivity contribution in [2.24, 2.45) is 23.2 Å². The maximum atomic E-state index is 13.7. The predicted octanol–water partition coefficient (Wildman–Crippen LogP) is 5.39. The highest BCUT2D eigenvalue weighted by molar-refractivity contribution is 7.15. The minimum absolute atomic E-state index is 0.0740. The Morgan fingerprint density at radius 1 is 1.06 bits per heavy atom. The molecule has 1 aromatic carbocycles. The molecule has 4 bridgehead atoms. The molecule has 0 spiro atoms. The highest BCUT2D eigenvalue weighted by atomic mass is 35.5. The smallest absolute Gasteiger partial charge is 0.254 e. The Kier molecular flexibility index (Phi) is 5.76. The number of nitrogens with zero attached hydrogens (tertiary/aromatic N) is 4. The van der Waals surface area contributed by atoms with Crippen LogP contribution in [-0.2, 0) is 4.79 Å². The van der Waals surface area contributed by atoms with Gasteiger partial charge in [-0.25, -0.2) is 0 Å². The molecule has 0 N–H and O–H groups in total. The van der Waals surface area contributed by atoms with Gasteiger partial charge in [0.05, 0.1) is 16.0 Å². The van der Waals surface area contributed by atoms with Crippen molar-refractivity contribution < 1.29 is 9.59 Å². The van der Waals surface area contributed by atoms with Gasteiger partial charge in [-0.05, 0) is 80.4 Å². The van der Waals surface area contributed by atoms with Gasteiger partial charge in [0.1, 0.15) is 10.0 Å². The quantitative estimate of drug-likeness (QED) is 0.553. The lowest BCUT2D eigenvalue weighted by Crippen LogP contribution is -2.55. The second-order valence-corrected chi connectivity index (χ2v) is 12.6. The third kappa shape index (κ3) is 4.10. The van der Waals surface area contributed by atoms with Crippen LogP contribution in [0.25, 0.3) is 16.1 Å². The normalized spacial score (nSPS) is 29.3. The molecule has 2 amide bonds.